The van der Waals surface area contributed by atoms with Crippen molar-refractivity contribution < 1.29 is 4.74 Å². The minimum atomic E-state index is -0.283. The molecule has 2 unspecified atom stereocenters. The maximum absolute atomic E-state index is 5.84. The second-order valence-corrected chi connectivity index (χ2v) is 4.77. The molecule has 2 atom stereocenters. The van der Waals surface area contributed by atoms with Crippen LogP contribution in [0.4, 0.5) is 0 Å². The summed E-state index contributed by atoms with van der Waals surface area (Å²) in [6, 6.07) is 0. The standard InChI is InChI=1S/C5H8BrClO/c1-4(8-2)3-5(4,6)7/h3H2,1-2H3. The molecule has 1 rings (SSSR count). The van der Waals surface area contributed by atoms with Gasteiger partial charge in [-0.25, -0.2) is 0 Å². The molecule has 0 aromatic heterocycles. The summed E-state index contributed by atoms with van der Waals surface area (Å²) in [5, 5.41) is 0. The Bertz CT molecular complexity index is 115. The second kappa shape index (κ2) is 1.61. The van der Waals surface area contributed by atoms with Crippen LogP contribution in [0.25, 0.3) is 0 Å². The quantitative estimate of drug-likeness (QED) is 0.588. The number of halogens is 2. The number of methoxy groups -OCH3 is 1. The molecule has 0 aromatic carbocycles. The molecular weight excluding hydrogens is 191 g/mol. The molecule has 0 bridgehead atoms. The van der Waals surface area contributed by atoms with Gasteiger partial charge in [0.15, 0.2) is 0 Å². The molecule has 0 saturated heterocycles. The molecule has 8 heavy (non-hydrogen) atoms. The SMILES string of the molecule is COC1(C)CC1(Cl)Br. The highest BCUT2D eigenvalue weighted by atomic mass is 79.9. The van der Waals surface area contributed by atoms with Crippen LogP contribution < -0.4 is 0 Å². The van der Waals surface area contributed by atoms with Crippen LogP contribution in [-0.4, -0.2) is 16.5 Å². The molecule has 1 aliphatic rings. The Balaban J connectivity index is 2.55. The fraction of sp³-hybridized carbons (Fsp3) is 1.00. The van der Waals surface area contributed by atoms with Gasteiger partial charge < -0.3 is 4.74 Å². The van der Waals surface area contributed by atoms with E-state index in [2.05, 4.69) is 15.9 Å². The van der Waals surface area contributed by atoms with Crippen molar-refractivity contribution >= 4 is 27.5 Å². The lowest BCUT2D eigenvalue weighted by Crippen LogP contribution is -2.13. The van der Waals surface area contributed by atoms with Gasteiger partial charge in [-0.3, -0.25) is 0 Å². The number of ether oxygens (including phenoxy) is 1. The molecule has 0 amide bonds. The molecule has 0 heterocycles. The van der Waals surface area contributed by atoms with Crippen LogP contribution in [0.15, 0.2) is 0 Å². The summed E-state index contributed by atoms with van der Waals surface area (Å²) in [6.45, 7) is 1.98. The van der Waals surface area contributed by atoms with Gasteiger partial charge in [0.25, 0.3) is 0 Å². The summed E-state index contributed by atoms with van der Waals surface area (Å²) >= 11 is 9.15. The summed E-state index contributed by atoms with van der Waals surface area (Å²) < 4.78 is 4.80. The summed E-state index contributed by atoms with van der Waals surface area (Å²) in [5.41, 5.74) is -0.130. The van der Waals surface area contributed by atoms with E-state index in [1.165, 1.54) is 0 Å². The van der Waals surface area contributed by atoms with E-state index in [9.17, 15) is 0 Å². The Morgan fingerprint density at radius 2 is 2.12 bits per heavy atom. The van der Waals surface area contributed by atoms with Crippen molar-refractivity contribution in [2.45, 2.75) is 22.7 Å². The highest BCUT2D eigenvalue weighted by molar-refractivity contribution is 9.10. The summed E-state index contributed by atoms with van der Waals surface area (Å²) in [5.74, 6) is 0. The molecular formula is C5H8BrClO. The van der Waals surface area contributed by atoms with E-state index in [1.54, 1.807) is 7.11 Å². The van der Waals surface area contributed by atoms with Gasteiger partial charge in [0.05, 0.1) is 5.60 Å². The molecule has 0 aliphatic heterocycles. The van der Waals surface area contributed by atoms with Crippen molar-refractivity contribution in [2.24, 2.45) is 0 Å². The molecule has 3 heteroatoms. The van der Waals surface area contributed by atoms with Gasteiger partial charge in [-0.05, 0) is 6.92 Å². The molecule has 0 N–H and O–H groups in total. The number of rotatable bonds is 1. The van der Waals surface area contributed by atoms with E-state index < -0.39 is 0 Å². The zero-order chi connectivity index (χ0) is 6.41. The first-order valence-electron chi connectivity index (χ1n) is 2.45. The Kier molecular flexibility index (Phi) is 1.38. The first-order valence-corrected chi connectivity index (χ1v) is 3.62. The van der Waals surface area contributed by atoms with Crippen LogP contribution in [-0.2, 0) is 4.74 Å². The monoisotopic (exact) mass is 198 g/mol. The van der Waals surface area contributed by atoms with Crippen LogP contribution >= 0.6 is 27.5 Å². The minimum Gasteiger partial charge on any atom is -0.376 e. The van der Waals surface area contributed by atoms with Crippen LogP contribution in [0.5, 0.6) is 0 Å². The molecule has 1 fully saturated rings. The third-order valence-electron chi connectivity index (χ3n) is 1.66. The van der Waals surface area contributed by atoms with Gasteiger partial charge >= 0.3 is 0 Å². The van der Waals surface area contributed by atoms with E-state index in [0.29, 0.717) is 0 Å². The average Bonchev–Trinajstić information content (AvgIpc) is 2.10. The summed E-state index contributed by atoms with van der Waals surface area (Å²) in [4.78, 5) is 0. The van der Waals surface area contributed by atoms with Crippen molar-refractivity contribution in [1.82, 2.24) is 0 Å². The summed E-state index contributed by atoms with van der Waals surface area (Å²) in [6.07, 6.45) is 0.887. The first kappa shape index (κ1) is 6.84. The second-order valence-electron chi connectivity index (χ2n) is 2.32. The van der Waals surface area contributed by atoms with E-state index in [0.717, 1.165) is 6.42 Å². The van der Waals surface area contributed by atoms with Gasteiger partial charge in [0.1, 0.15) is 3.78 Å². The molecule has 1 nitrogen and oxygen atoms in total. The van der Waals surface area contributed by atoms with Crippen molar-refractivity contribution in [3.05, 3.63) is 0 Å². The lowest BCUT2D eigenvalue weighted by molar-refractivity contribution is 0.0957. The lowest BCUT2D eigenvalue weighted by Gasteiger charge is -2.07. The van der Waals surface area contributed by atoms with Crippen LogP contribution in [0.3, 0.4) is 0 Å². The molecule has 0 radical (unpaired) electrons. The van der Waals surface area contributed by atoms with Gasteiger partial charge in [0.2, 0.25) is 0 Å². The summed E-state index contributed by atoms with van der Waals surface area (Å²) in [7, 11) is 1.67. The lowest BCUT2D eigenvalue weighted by atomic mass is 10.4. The molecule has 0 spiro atoms. The Morgan fingerprint density at radius 1 is 1.75 bits per heavy atom. The van der Waals surface area contributed by atoms with Crippen LogP contribution in [0.1, 0.15) is 13.3 Å². The minimum absolute atomic E-state index is 0.130. The maximum Gasteiger partial charge on any atom is 0.131 e. The molecule has 1 aliphatic carbocycles. The van der Waals surface area contributed by atoms with Gasteiger partial charge in [-0.15, -0.1) is 11.6 Å². The Morgan fingerprint density at radius 3 is 2.12 bits per heavy atom. The topological polar surface area (TPSA) is 9.23 Å². The predicted octanol–water partition coefficient (Wildman–Crippen LogP) is 2.13. The van der Waals surface area contributed by atoms with Gasteiger partial charge in [0, 0.05) is 13.5 Å². The van der Waals surface area contributed by atoms with Crippen molar-refractivity contribution in [2.75, 3.05) is 7.11 Å². The normalized spacial score (nSPS) is 54.0. The maximum atomic E-state index is 5.84. The van der Waals surface area contributed by atoms with Crippen molar-refractivity contribution in [3.63, 3.8) is 0 Å². The predicted molar refractivity (Wildman–Crippen MR) is 37.5 cm³/mol. The third-order valence-corrected chi connectivity index (χ3v) is 3.31. The number of hydrogen-bond donors (Lipinski definition) is 0. The largest absolute Gasteiger partial charge is 0.376 e. The molecule has 0 aromatic rings. The highest BCUT2D eigenvalue weighted by Crippen LogP contribution is 2.59. The van der Waals surface area contributed by atoms with E-state index in [1.807, 2.05) is 6.92 Å². The molecule has 1 saturated carbocycles. The van der Waals surface area contributed by atoms with Gasteiger partial charge in [-0.1, -0.05) is 15.9 Å². The van der Waals surface area contributed by atoms with Crippen molar-refractivity contribution in [1.29, 1.82) is 0 Å². The van der Waals surface area contributed by atoms with Crippen molar-refractivity contribution in [3.8, 4) is 0 Å². The zero-order valence-corrected chi connectivity index (χ0v) is 7.21. The third kappa shape index (κ3) is 0.789. The van der Waals surface area contributed by atoms with Gasteiger partial charge in [-0.2, -0.15) is 0 Å². The van der Waals surface area contributed by atoms with E-state index >= 15 is 0 Å². The molecule has 48 valence electrons. The fourth-order valence-corrected chi connectivity index (χ4v) is 1.63. The highest BCUT2D eigenvalue weighted by Gasteiger charge is 2.63. The Labute approximate surface area is 62.5 Å². The Hall–Kier alpha value is 0.730. The fourth-order valence-electron chi connectivity index (χ4n) is 0.601. The van der Waals surface area contributed by atoms with Crippen LogP contribution in [0.2, 0.25) is 0 Å². The first-order chi connectivity index (χ1) is 3.52. The zero-order valence-electron chi connectivity index (χ0n) is 4.87. The van der Waals surface area contributed by atoms with E-state index in [4.69, 9.17) is 16.3 Å². The van der Waals surface area contributed by atoms with Crippen LogP contribution in [0, 0.1) is 0 Å². The number of alkyl halides is 2. The number of hydrogen-bond acceptors (Lipinski definition) is 1. The smallest absolute Gasteiger partial charge is 0.131 e. The van der Waals surface area contributed by atoms with E-state index in [-0.39, 0.29) is 9.38 Å². The average molecular weight is 199 g/mol.